The van der Waals surface area contributed by atoms with Crippen LogP contribution in [0.1, 0.15) is 5.76 Å². The Morgan fingerprint density at radius 1 is 1.16 bits per heavy atom. The number of furan rings is 1. The van der Waals surface area contributed by atoms with Crippen LogP contribution in [0.5, 0.6) is 0 Å². The highest BCUT2D eigenvalue weighted by atomic mass is 32.2. The molecule has 3 amide bonds. The number of nitrogens with zero attached hydrogens (tertiary/aromatic N) is 2. The van der Waals surface area contributed by atoms with Crippen LogP contribution in [-0.2, 0) is 4.79 Å². The molecule has 2 N–H and O–H groups in total. The number of urea groups is 1. The van der Waals surface area contributed by atoms with Crippen LogP contribution in [0.15, 0.2) is 56.7 Å². The van der Waals surface area contributed by atoms with Crippen molar-refractivity contribution in [1.29, 1.82) is 0 Å². The molecular weight excluding hydrogens is 344 g/mol. The predicted molar refractivity (Wildman–Crippen MR) is 91.1 cm³/mol. The summed E-state index contributed by atoms with van der Waals surface area (Å²) in [7, 11) is 0. The van der Waals surface area contributed by atoms with Gasteiger partial charge in [0.2, 0.25) is 5.91 Å². The predicted octanol–water partition coefficient (Wildman–Crippen LogP) is 3.08. The van der Waals surface area contributed by atoms with Crippen LogP contribution in [-0.4, -0.2) is 27.9 Å². The molecule has 2 aromatic heterocycles. The number of aromatic nitrogens is 2. The number of hydrogen-bond donors (Lipinski definition) is 2. The normalized spacial score (nSPS) is 10.4. The highest BCUT2D eigenvalue weighted by molar-refractivity contribution is 7.99. The largest absolute Gasteiger partial charge is 0.469 e. The minimum atomic E-state index is -0.600. The summed E-state index contributed by atoms with van der Waals surface area (Å²) in [4.78, 5) is 23.5. The van der Waals surface area contributed by atoms with Gasteiger partial charge in [-0.15, -0.1) is 10.2 Å². The molecule has 9 heteroatoms. The van der Waals surface area contributed by atoms with Crippen molar-refractivity contribution in [1.82, 2.24) is 15.5 Å². The number of imide groups is 1. The highest BCUT2D eigenvalue weighted by Crippen LogP contribution is 2.26. The van der Waals surface area contributed by atoms with E-state index in [1.807, 2.05) is 6.07 Å². The Balaban J connectivity index is 1.48. The van der Waals surface area contributed by atoms with E-state index >= 15 is 0 Å². The van der Waals surface area contributed by atoms with Crippen molar-refractivity contribution in [3.63, 3.8) is 0 Å². The van der Waals surface area contributed by atoms with Gasteiger partial charge < -0.3 is 14.2 Å². The standard InChI is InChI=1S/C16H14N4O4S/c1-10-12(7-8-23-10)14-19-20-16(24-14)25-9-13(21)18-15(22)17-11-5-3-2-4-6-11/h2-8H,9H2,1H3,(H2,17,18,21,22). The molecule has 0 atom stereocenters. The Hall–Kier alpha value is -3.07. The number of rotatable bonds is 5. The summed E-state index contributed by atoms with van der Waals surface area (Å²) >= 11 is 1.04. The first kappa shape index (κ1) is 16.8. The molecule has 0 radical (unpaired) electrons. The number of amides is 3. The van der Waals surface area contributed by atoms with Crippen LogP contribution < -0.4 is 10.6 Å². The Labute approximate surface area is 147 Å². The number of nitrogens with one attached hydrogen (secondary N) is 2. The maximum atomic E-state index is 11.8. The topological polar surface area (TPSA) is 110 Å². The number of carbonyl (C=O) groups is 2. The SMILES string of the molecule is Cc1occc1-c1nnc(SCC(=O)NC(=O)Nc2ccccc2)o1. The summed E-state index contributed by atoms with van der Waals surface area (Å²) in [5.74, 6) is 0.470. The number of hydrogen-bond acceptors (Lipinski definition) is 7. The zero-order chi connectivity index (χ0) is 17.6. The lowest BCUT2D eigenvalue weighted by Crippen LogP contribution is -2.35. The number of carbonyl (C=O) groups excluding carboxylic acids is 2. The van der Waals surface area contributed by atoms with Gasteiger partial charge in [0.05, 0.1) is 17.6 Å². The molecule has 0 aliphatic rings. The van der Waals surface area contributed by atoms with Crippen molar-refractivity contribution in [3.05, 3.63) is 48.4 Å². The Morgan fingerprint density at radius 3 is 2.68 bits per heavy atom. The molecule has 3 aromatic rings. The van der Waals surface area contributed by atoms with Crippen LogP contribution in [0.2, 0.25) is 0 Å². The second-order valence-corrected chi connectivity index (χ2v) is 5.85. The lowest BCUT2D eigenvalue weighted by Gasteiger charge is -2.05. The van der Waals surface area contributed by atoms with Crippen LogP contribution >= 0.6 is 11.8 Å². The van der Waals surface area contributed by atoms with E-state index in [2.05, 4.69) is 20.8 Å². The summed E-state index contributed by atoms with van der Waals surface area (Å²) < 4.78 is 10.6. The molecule has 0 spiro atoms. The van der Waals surface area contributed by atoms with Crippen molar-refractivity contribution in [2.24, 2.45) is 0 Å². The Morgan fingerprint density at radius 2 is 1.96 bits per heavy atom. The summed E-state index contributed by atoms with van der Waals surface area (Å²) in [6.07, 6.45) is 1.53. The van der Waals surface area contributed by atoms with Crippen molar-refractivity contribution < 1.29 is 18.4 Å². The fourth-order valence-corrected chi connectivity index (χ4v) is 2.52. The monoisotopic (exact) mass is 358 g/mol. The minimum Gasteiger partial charge on any atom is -0.469 e. The average Bonchev–Trinajstić information content (AvgIpc) is 3.22. The maximum absolute atomic E-state index is 11.8. The quantitative estimate of drug-likeness (QED) is 0.674. The smallest absolute Gasteiger partial charge is 0.325 e. The van der Waals surface area contributed by atoms with E-state index < -0.39 is 11.9 Å². The van der Waals surface area contributed by atoms with E-state index in [0.717, 1.165) is 11.8 Å². The van der Waals surface area contributed by atoms with E-state index in [9.17, 15) is 9.59 Å². The van der Waals surface area contributed by atoms with Gasteiger partial charge in [-0.1, -0.05) is 30.0 Å². The summed E-state index contributed by atoms with van der Waals surface area (Å²) in [5, 5.41) is 12.8. The summed E-state index contributed by atoms with van der Waals surface area (Å²) in [6.45, 7) is 1.78. The summed E-state index contributed by atoms with van der Waals surface area (Å²) in [5.41, 5.74) is 1.29. The molecule has 128 valence electrons. The third-order valence-corrected chi connectivity index (χ3v) is 3.93. The van der Waals surface area contributed by atoms with Gasteiger partial charge in [-0.2, -0.15) is 0 Å². The third kappa shape index (κ3) is 4.48. The molecule has 0 aliphatic carbocycles. The highest BCUT2D eigenvalue weighted by Gasteiger charge is 2.15. The first-order valence-corrected chi connectivity index (χ1v) is 8.27. The molecule has 8 nitrogen and oxygen atoms in total. The zero-order valence-electron chi connectivity index (χ0n) is 13.2. The second-order valence-electron chi connectivity index (χ2n) is 4.92. The molecule has 0 saturated heterocycles. The number of aryl methyl sites for hydroxylation is 1. The average molecular weight is 358 g/mol. The van der Waals surface area contributed by atoms with Crippen LogP contribution in [0.25, 0.3) is 11.5 Å². The van der Waals surface area contributed by atoms with Crippen LogP contribution in [0.3, 0.4) is 0 Å². The molecule has 0 saturated carbocycles. The van der Waals surface area contributed by atoms with Gasteiger partial charge in [0, 0.05) is 5.69 Å². The van der Waals surface area contributed by atoms with Gasteiger partial charge in [0.15, 0.2) is 0 Å². The first-order valence-electron chi connectivity index (χ1n) is 7.28. The molecule has 1 aromatic carbocycles. The van der Waals surface area contributed by atoms with Crippen molar-refractivity contribution in [2.45, 2.75) is 12.1 Å². The van der Waals surface area contributed by atoms with Crippen LogP contribution in [0, 0.1) is 6.92 Å². The Kier molecular flexibility index (Phi) is 5.14. The zero-order valence-corrected chi connectivity index (χ0v) is 14.0. The molecule has 0 unspecified atom stereocenters. The van der Waals surface area contributed by atoms with Crippen molar-refractivity contribution in [2.75, 3.05) is 11.1 Å². The maximum Gasteiger partial charge on any atom is 0.325 e. The van der Waals surface area contributed by atoms with E-state index in [4.69, 9.17) is 8.83 Å². The molecular formula is C16H14N4O4S. The Bertz CT molecular complexity index is 875. The molecule has 0 aliphatic heterocycles. The van der Waals surface area contributed by atoms with Gasteiger partial charge in [-0.3, -0.25) is 10.1 Å². The van der Waals surface area contributed by atoms with E-state index in [0.29, 0.717) is 22.9 Å². The summed E-state index contributed by atoms with van der Waals surface area (Å²) in [6, 6.07) is 9.95. The third-order valence-electron chi connectivity index (χ3n) is 3.11. The fraction of sp³-hybridized carbons (Fsp3) is 0.125. The van der Waals surface area contributed by atoms with E-state index in [1.54, 1.807) is 37.3 Å². The number of para-hydroxylation sites is 1. The van der Waals surface area contributed by atoms with Gasteiger partial charge in [-0.05, 0) is 25.1 Å². The van der Waals surface area contributed by atoms with Crippen molar-refractivity contribution in [3.8, 4) is 11.5 Å². The lowest BCUT2D eigenvalue weighted by atomic mass is 10.3. The van der Waals surface area contributed by atoms with Gasteiger partial charge in [0.25, 0.3) is 11.1 Å². The van der Waals surface area contributed by atoms with Gasteiger partial charge in [0.1, 0.15) is 5.76 Å². The number of anilines is 1. The van der Waals surface area contributed by atoms with E-state index in [-0.39, 0.29) is 11.0 Å². The molecule has 25 heavy (non-hydrogen) atoms. The molecule has 3 rings (SSSR count). The van der Waals surface area contributed by atoms with Crippen molar-refractivity contribution >= 4 is 29.4 Å². The molecule has 0 bridgehead atoms. The second kappa shape index (κ2) is 7.67. The van der Waals surface area contributed by atoms with Gasteiger partial charge in [-0.25, -0.2) is 4.79 Å². The molecule has 0 fully saturated rings. The fourth-order valence-electron chi connectivity index (χ4n) is 1.96. The van der Waals surface area contributed by atoms with E-state index in [1.165, 1.54) is 6.26 Å². The molecule has 2 heterocycles. The number of thioether (sulfide) groups is 1. The van der Waals surface area contributed by atoms with Gasteiger partial charge >= 0.3 is 6.03 Å². The number of benzene rings is 1. The van der Waals surface area contributed by atoms with Crippen LogP contribution in [0.4, 0.5) is 10.5 Å². The minimum absolute atomic E-state index is 0.0335. The lowest BCUT2D eigenvalue weighted by molar-refractivity contribution is -0.117. The first-order chi connectivity index (χ1) is 12.1.